The molecule has 0 spiro atoms. The van der Waals surface area contributed by atoms with Gasteiger partial charge in [0.1, 0.15) is 16.5 Å². The van der Waals surface area contributed by atoms with Gasteiger partial charge in [0.05, 0.1) is 25.4 Å². The maximum absolute atomic E-state index is 13.8. The molecular weight excluding hydrogens is 413 g/mol. The molecule has 0 unspecified atom stereocenters. The Kier molecular flexibility index (Phi) is 7.90. The largest absolute Gasteiger partial charge is 0.495 e. The van der Waals surface area contributed by atoms with Gasteiger partial charge in [-0.05, 0) is 38.1 Å². The van der Waals surface area contributed by atoms with E-state index in [0.717, 1.165) is 12.1 Å². The predicted molar refractivity (Wildman–Crippen MR) is 110 cm³/mol. The highest BCUT2D eigenvalue weighted by molar-refractivity contribution is 7.89. The number of carbonyl (C=O) groups excluding carboxylic acids is 2. The molecule has 2 amide bonds. The molecule has 0 aliphatic carbocycles. The molecule has 8 nitrogen and oxygen atoms in total. The van der Waals surface area contributed by atoms with Crippen LogP contribution in [0.25, 0.3) is 0 Å². The quantitative estimate of drug-likeness (QED) is 0.624. The molecule has 162 valence electrons. The van der Waals surface area contributed by atoms with Gasteiger partial charge >= 0.3 is 0 Å². The number of methoxy groups -OCH3 is 1. The topological polar surface area (TPSA) is 105 Å². The molecule has 0 radical (unpaired) electrons. The van der Waals surface area contributed by atoms with Crippen molar-refractivity contribution in [2.24, 2.45) is 0 Å². The van der Waals surface area contributed by atoms with E-state index in [1.807, 2.05) is 0 Å². The number of hydrogen-bond acceptors (Lipinski definition) is 5. The molecular formula is C20H24FN3O5S. The Hall–Kier alpha value is -2.98. The van der Waals surface area contributed by atoms with E-state index in [1.165, 1.54) is 31.1 Å². The van der Waals surface area contributed by atoms with Crippen LogP contribution in [0.3, 0.4) is 0 Å². The Morgan fingerprint density at radius 1 is 1.13 bits per heavy atom. The zero-order valence-corrected chi connectivity index (χ0v) is 17.7. The van der Waals surface area contributed by atoms with Crippen molar-refractivity contribution < 1.29 is 27.1 Å². The van der Waals surface area contributed by atoms with Gasteiger partial charge < -0.3 is 15.0 Å². The zero-order valence-electron chi connectivity index (χ0n) is 16.9. The van der Waals surface area contributed by atoms with E-state index >= 15 is 0 Å². The highest BCUT2D eigenvalue weighted by Gasteiger charge is 2.28. The molecule has 2 N–H and O–H groups in total. The van der Waals surface area contributed by atoms with Crippen LogP contribution in [0.4, 0.5) is 10.1 Å². The molecule has 0 saturated heterocycles. The number of amides is 2. The number of carbonyl (C=O) groups is 2. The van der Waals surface area contributed by atoms with Crippen molar-refractivity contribution in [3.63, 3.8) is 0 Å². The average Bonchev–Trinajstić information content (AvgIpc) is 2.71. The van der Waals surface area contributed by atoms with Gasteiger partial charge in [-0.2, -0.15) is 4.72 Å². The van der Waals surface area contributed by atoms with E-state index in [9.17, 15) is 22.4 Å². The van der Waals surface area contributed by atoms with E-state index in [2.05, 4.69) is 10.0 Å². The van der Waals surface area contributed by atoms with Crippen molar-refractivity contribution in [2.75, 3.05) is 25.5 Å². The fourth-order valence-electron chi connectivity index (χ4n) is 2.74. The first-order chi connectivity index (χ1) is 14.2. The molecule has 2 aromatic carbocycles. The van der Waals surface area contributed by atoms with Gasteiger partial charge in [0.25, 0.3) is 0 Å². The minimum atomic E-state index is -4.25. The molecule has 0 aromatic heterocycles. The van der Waals surface area contributed by atoms with E-state index in [0.29, 0.717) is 11.4 Å². The van der Waals surface area contributed by atoms with Crippen LogP contribution in [0.2, 0.25) is 0 Å². The first-order valence-electron chi connectivity index (χ1n) is 9.18. The Balaban J connectivity index is 2.06. The number of rotatable bonds is 9. The second-order valence-electron chi connectivity index (χ2n) is 6.37. The fraction of sp³-hybridized carbons (Fsp3) is 0.300. The van der Waals surface area contributed by atoms with Crippen LogP contribution in [-0.2, 0) is 19.6 Å². The normalized spacial score (nSPS) is 12.1. The van der Waals surface area contributed by atoms with Gasteiger partial charge in [0, 0.05) is 6.54 Å². The number of likely N-dealkylation sites (N-methyl/N-ethyl adjacent to an activating group) is 1. The first kappa shape index (κ1) is 23.3. The van der Waals surface area contributed by atoms with Crippen LogP contribution in [-0.4, -0.2) is 51.4 Å². The summed E-state index contributed by atoms with van der Waals surface area (Å²) in [6, 6.07) is 10.5. The van der Waals surface area contributed by atoms with Gasteiger partial charge in [-0.25, -0.2) is 12.8 Å². The zero-order chi connectivity index (χ0) is 22.3. The summed E-state index contributed by atoms with van der Waals surface area (Å²) >= 11 is 0. The third-order valence-corrected chi connectivity index (χ3v) is 5.81. The number of nitrogens with one attached hydrogen (secondary N) is 2. The highest BCUT2D eigenvalue weighted by atomic mass is 32.2. The smallest absolute Gasteiger partial charge is 0.244 e. The van der Waals surface area contributed by atoms with Crippen molar-refractivity contribution in [2.45, 2.75) is 24.8 Å². The molecule has 30 heavy (non-hydrogen) atoms. The summed E-state index contributed by atoms with van der Waals surface area (Å²) in [7, 11) is -2.78. The highest BCUT2D eigenvalue weighted by Crippen LogP contribution is 2.22. The van der Waals surface area contributed by atoms with Crippen LogP contribution < -0.4 is 14.8 Å². The van der Waals surface area contributed by atoms with Crippen molar-refractivity contribution >= 4 is 27.5 Å². The number of sulfonamides is 1. The lowest BCUT2D eigenvalue weighted by Gasteiger charge is -2.24. The fourth-order valence-corrected chi connectivity index (χ4v) is 4.02. The summed E-state index contributed by atoms with van der Waals surface area (Å²) in [5.41, 5.74) is 0.446. The Labute approximate surface area is 175 Å². The second kappa shape index (κ2) is 10.2. The summed E-state index contributed by atoms with van der Waals surface area (Å²) in [6.07, 6.45) is 0. The Morgan fingerprint density at radius 3 is 2.40 bits per heavy atom. The van der Waals surface area contributed by atoms with Crippen LogP contribution in [0.15, 0.2) is 53.4 Å². The minimum absolute atomic E-state index is 0.171. The number of benzene rings is 2. The first-order valence-corrected chi connectivity index (χ1v) is 10.7. The van der Waals surface area contributed by atoms with Crippen molar-refractivity contribution in [1.29, 1.82) is 0 Å². The minimum Gasteiger partial charge on any atom is -0.495 e. The summed E-state index contributed by atoms with van der Waals surface area (Å²) in [4.78, 5) is 25.7. The number of ether oxygens (including phenoxy) is 1. The maximum Gasteiger partial charge on any atom is 0.244 e. The van der Waals surface area contributed by atoms with Gasteiger partial charge in [-0.3, -0.25) is 9.59 Å². The van der Waals surface area contributed by atoms with E-state index in [4.69, 9.17) is 4.74 Å². The van der Waals surface area contributed by atoms with Gasteiger partial charge in [0.15, 0.2) is 0 Å². The lowest BCUT2D eigenvalue weighted by Crippen LogP contribution is -2.49. The summed E-state index contributed by atoms with van der Waals surface area (Å²) < 4.78 is 45.9. The second-order valence-corrected chi connectivity index (χ2v) is 8.06. The summed E-state index contributed by atoms with van der Waals surface area (Å²) in [6.45, 7) is 2.87. The molecule has 10 heteroatoms. The molecule has 0 aliphatic rings. The summed E-state index contributed by atoms with van der Waals surface area (Å²) in [5.74, 6) is -1.55. The number of para-hydroxylation sites is 2. The van der Waals surface area contributed by atoms with Crippen LogP contribution in [0.1, 0.15) is 13.8 Å². The number of hydrogen-bond donors (Lipinski definition) is 2. The molecule has 0 aliphatic heterocycles. The van der Waals surface area contributed by atoms with Crippen LogP contribution in [0, 0.1) is 5.82 Å². The van der Waals surface area contributed by atoms with Crippen LogP contribution in [0.5, 0.6) is 5.75 Å². The van der Waals surface area contributed by atoms with Crippen LogP contribution >= 0.6 is 0 Å². The van der Waals surface area contributed by atoms with E-state index in [1.54, 1.807) is 31.2 Å². The monoisotopic (exact) mass is 437 g/mol. The molecule has 1 atom stereocenters. The molecule has 2 rings (SSSR count). The van der Waals surface area contributed by atoms with Gasteiger partial charge in [-0.15, -0.1) is 0 Å². The molecule has 0 fully saturated rings. The predicted octanol–water partition coefficient (Wildman–Crippen LogP) is 1.99. The molecule has 0 saturated carbocycles. The standard InChI is InChI=1S/C20H24FN3O5S/c1-4-24(13-19(25)22-16-10-6-7-11-17(16)29-3)20(26)14(2)23-30(27,28)18-12-8-5-9-15(18)21/h5-12,14,23H,4,13H2,1-3H3,(H,22,25)/t14-/m0/s1. The Bertz CT molecular complexity index is 1010. The van der Waals surface area contributed by atoms with Crippen molar-refractivity contribution in [1.82, 2.24) is 9.62 Å². The van der Waals surface area contributed by atoms with E-state index < -0.39 is 38.6 Å². The van der Waals surface area contributed by atoms with Gasteiger partial charge in [0.2, 0.25) is 21.8 Å². The lowest BCUT2D eigenvalue weighted by atomic mass is 10.2. The lowest BCUT2D eigenvalue weighted by molar-refractivity contribution is -0.135. The molecule has 2 aromatic rings. The number of nitrogens with zero attached hydrogens (tertiary/aromatic N) is 1. The third-order valence-electron chi connectivity index (χ3n) is 4.24. The third kappa shape index (κ3) is 5.77. The maximum atomic E-state index is 13.8. The average molecular weight is 437 g/mol. The van der Waals surface area contributed by atoms with Crippen molar-refractivity contribution in [3.8, 4) is 5.75 Å². The van der Waals surface area contributed by atoms with Gasteiger partial charge in [-0.1, -0.05) is 24.3 Å². The van der Waals surface area contributed by atoms with Crippen molar-refractivity contribution in [3.05, 3.63) is 54.3 Å². The Morgan fingerprint density at radius 2 is 1.77 bits per heavy atom. The summed E-state index contributed by atoms with van der Waals surface area (Å²) in [5, 5.41) is 2.66. The SMILES string of the molecule is CCN(CC(=O)Nc1ccccc1OC)C(=O)[C@H](C)NS(=O)(=O)c1ccccc1F. The number of halogens is 1. The molecule has 0 bridgehead atoms. The van der Waals surface area contributed by atoms with E-state index in [-0.39, 0.29) is 13.1 Å². The molecule has 0 heterocycles. The number of anilines is 1.